The van der Waals surface area contributed by atoms with Crippen molar-refractivity contribution >= 4 is 33.5 Å². The van der Waals surface area contributed by atoms with Crippen LogP contribution in [0.4, 0.5) is 11.5 Å². The van der Waals surface area contributed by atoms with Crippen LogP contribution in [-0.2, 0) is 13.1 Å². The molecule has 11 heteroatoms. The number of benzene rings is 2. The summed E-state index contributed by atoms with van der Waals surface area (Å²) >= 11 is 0. The summed E-state index contributed by atoms with van der Waals surface area (Å²) in [6, 6.07) is 18.0. The van der Waals surface area contributed by atoms with Gasteiger partial charge in [0.05, 0.1) is 12.7 Å². The minimum absolute atomic E-state index is 0.100. The highest BCUT2D eigenvalue weighted by molar-refractivity contribution is 5.91. The minimum atomic E-state index is -0.248. The van der Waals surface area contributed by atoms with Gasteiger partial charge in [-0.25, -0.2) is 9.97 Å². The van der Waals surface area contributed by atoms with Crippen LogP contribution in [0, 0.1) is 13.8 Å². The third-order valence-corrected chi connectivity index (χ3v) is 8.73. The highest BCUT2D eigenvalue weighted by Crippen LogP contribution is 2.37. The summed E-state index contributed by atoms with van der Waals surface area (Å²) in [7, 11) is 0. The van der Waals surface area contributed by atoms with Gasteiger partial charge in [0.1, 0.15) is 5.52 Å². The monoisotopic (exact) mass is 617 g/mol. The van der Waals surface area contributed by atoms with Gasteiger partial charge in [-0.15, -0.1) is 0 Å². The molecule has 7 rings (SSSR count). The minimum Gasteiger partial charge on any atom is -0.436 e. The molecule has 0 bridgehead atoms. The molecule has 0 saturated carbocycles. The van der Waals surface area contributed by atoms with Crippen molar-refractivity contribution in [1.82, 2.24) is 24.4 Å². The summed E-state index contributed by atoms with van der Waals surface area (Å²) < 4.78 is 7.75. The lowest BCUT2D eigenvalue weighted by Crippen LogP contribution is -2.22. The summed E-state index contributed by atoms with van der Waals surface area (Å²) in [6.07, 6.45) is 5.96. The maximum Gasteiger partial charge on any atom is 0.227 e. The van der Waals surface area contributed by atoms with Crippen LogP contribution in [0.15, 0.2) is 82.8 Å². The number of hydrogen-bond donors (Lipinski definition) is 4. The number of nitrogens with zero attached hydrogens (tertiary/aromatic N) is 6. The normalized spacial score (nSPS) is 15.7. The highest BCUT2D eigenvalue weighted by Gasteiger charge is 2.21. The fourth-order valence-electron chi connectivity index (χ4n) is 6.32. The molecule has 2 aromatic carbocycles. The maximum absolute atomic E-state index is 9.89. The zero-order valence-electron chi connectivity index (χ0n) is 25.7. The average Bonchev–Trinajstić information content (AvgIpc) is 3.68. The molecule has 1 fully saturated rings. The van der Waals surface area contributed by atoms with Crippen LogP contribution < -0.4 is 10.8 Å². The number of likely N-dealkylation sites (tertiary alicyclic amines) is 1. The van der Waals surface area contributed by atoms with Crippen LogP contribution in [-0.4, -0.2) is 65.6 Å². The van der Waals surface area contributed by atoms with Gasteiger partial charge < -0.3 is 29.7 Å². The lowest BCUT2D eigenvalue weighted by atomic mass is 9.93. The number of aliphatic hydroxyl groups is 2. The third kappa shape index (κ3) is 5.49. The molecular formula is C35H35N7O4. The Morgan fingerprint density at radius 2 is 1.80 bits per heavy atom. The molecule has 0 radical (unpaired) electrons. The van der Waals surface area contributed by atoms with Crippen molar-refractivity contribution in [3.63, 3.8) is 0 Å². The Balaban J connectivity index is 1.20. The number of nitrogens with one attached hydrogen (secondary N) is 1. The fourth-order valence-corrected chi connectivity index (χ4v) is 6.32. The lowest BCUT2D eigenvalue weighted by molar-refractivity contribution is 0.175. The first-order chi connectivity index (χ1) is 22.4. The van der Waals surface area contributed by atoms with Crippen molar-refractivity contribution in [3.05, 3.63) is 95.4 Å². The van der Waals surface area contributed by atoms with E-state index in [1.165, 1.54) is 0 Å². The number of β-amino-alcohol motifs (C(OH)–C–C–N with tert-alkyl or cyclic N) is 1. The van der Waals surface area contributed by atoms with E-state index in [9.17, 15) is 15.4 Å². The highest BCUT2D eigenvalue weighted by atomic mass is 16.4. The quantitative estimate of drug-likeness (QED) is 0.135. The van der Waals surface area contributed by atoms with Gasteiger partial charge in [-0.3, -0.25) is 9.88 Å². The van der Waals surface area contributed by atoms with Crippen LogP contribution >= 0.6 is 0 Å². The van der Waals surface area contributed by atoms with Gasteiger partial charge in [0.25, 0.3) is 0 Å². The zero-order chi connectivity index (χ0) is 31.8. The smallest absolute Gasteiger partial charge is 0.227 e. The Bertz CT molecular complexity index is 2140. The van der Waals surface area contributed by atoms with Crippen molar-refractivity contribution in [2.24, 2.45) is 5.16 Å². The molecule has 1 saturated heterocycles. The van der Waals surface area contributed by atoms with E-state index in [-0.39, 0.29) is 24.7 Å². The van der Waals surface area contributed by atoms with E-state index in [1.54, 1.807) is 23.0 Å². The van der Waals surface area contributed by atoms with E-state index in [0.717, 1.165) is 69.5 Å². The summed E-state index contributed by atoms with van der Waals surface area (Å²) in [5.74, 6) is 1.10. The number of anilines is 2. The second-order valence-corrected chi connectivity index (χ2v) is 11.7. The van der Waals surface area contributed by atoms with Gasteiger partial charge in [0.2, 0.25) is 11.4 Å². The standard InChI is InChI=1S/C35H35N7O4/c1-21-26(5-3-7-28(21)35-39-32-30(46-35)11-14-42(15-16-43)34(32)40-45)27-6-4-8-29(22(27)2)38-33-31-24(9-12-36-33)17-23(18-37-31)19-41-13-10-25(44)20-41/h3-9,11-12,14,17-18,25,43-45H,10,13,15-16,19-20H2,1-2H3,(H,36,38)/b40-34+/t25-/m1/s1. The largest absolute Gasteiger partial charge is 0.436 e. The summed E-state index contributed by atoms with van der Waals surface area (Å²) in [5, 5.41) is 36.9. The van der Waals surface area contributed by atoms with Crippen LogP contribution in [0.3, 0.4) is 0 Å². The van der Waals surface area contributed by atoms with Gasteiger partial charge >= 0.3 is 0 Å². The van der Waals surface area contributed by atoms with E-state index in [4.69, 9.17) is 14.4 Å². The Morgan fingerprint density at radius 1 is 1.00 bits per heavy atom. The molecular weight excluding hydrogens is 582 g/mol. The van der Waals surface area contributed by atoms with E-state index in [2.05, 4.69) is 45.5 Å². The van der Waals surface area contributed by atoms with Crippen LogP contribution in [0.1, 0.15) is 23.1 Å². The third-order valence-electron chi connectivity index (χ3n) is 8.73. The topological polar surface area (TPSA) is 145 Å². The number of pyridine rings is 3. The van der Waals surface area contributed by atoms with Crippen LogP contribution in [0.25, 0.3) is 44.6 Å². The van der Waals surface area contributed by atoms with Crippen molar-refractivity contribution in [3.8, 4) is 22.6 Å². The maximum atomic E-state index is 9.89. The van der Waals surface area contributed by atoms with Gasteiger partial charge in [0, 0.05) is 61.4 Å². The molecule has 234 valence electrons. The molecule has 1 atom stereocenters. The summed E-state index contributed by atoms with van der Waals surface area (Å²) in [6.45, 7) is 6.64. The molecule has 4 N–H and O–H groups in total. The van der Waals surface area contributed by atoms with Gasteiger partial charge in [-0.2, -0.15) is 0 Å². The first-order valence-electron chi connectivity index (χ1n) is 15.3. The molecule has 0 spiro atoms. The van der Waals surface area contributed by atoms with Gasteiger partial charge in [-0.1, -0.05) is 29.4 Å². The molecule has 5 heterocycles. The molecule has 11 nitrogen and oxygen atoms in total. The van der Waals surface area contributed by atoms with E-state index < -0.39 is 0 Å². The average molecular weight is 618 g/mol. The fraction of sp³-hybridized carbons (Fsp3) is 0.257. The molecule has 0 unspecified atom stereocenters. The Labute approximate surface area is 265 Å². The zero-order valence-corrected chi connectivity index (χ0v) is 25.7. The number of oxazole rings is 1. The van der Waals surface area contributed by atoms with Crippen LogP contribution in [0.5, 0.6) is 0 Å². The van der Waals surface area contributed by atoms with Crippen molar-refractivity contribution in [1.29, 1.82) is 0 Å². The molecule has 0 amide bonds. The first-order valence-corrected chi connectivity index (χ1v) is 15.3. The lowest BCUT2D eigenvalue weighted by Gasteiger charge is -2.17. The van der Waals surface area contributed by atoms with Crippen LogP contribution in [0.2, 0.25) is 0 Å². The SMILES string of the molecule is Cc1c(Nc2nccc3cc(CN4CC[C@@H](O)C4)cnc23)cccc1-c1cccc(-c2nc3/c(=N\O)n(CCO)ccc3o2)c1C. The Hall–Kier alpha value is -5.10. The number of aromatic nitrogens is 4. The van der Waals surface area contributed by atoms with Crippen molar-refractivity contribution in [2.75, 3.05) is 25.0 Å². The summed E-state index contributed by atoms with van der Waals surface area (Å²) in [5.41, 5.74) is 8.90. The molecule has 1 aliphatic heterocycles. The van der Waals surface area contributed by atoms with E-state index >= 15 is 0 Å². The predicted molar refractivity (Wildman–Crippen MR) is 176 cm³/mol. The first kappa shape index (κ1) is 29.6. The molecule has 46 heavy (non-hydrogen) atoms. The second kappa shape index (κ2) is 12.4. The summed E-state index contributed by atoms with van der Waals surface area (Å²) in [4.78, 5) is 16.4. The molecule has 6 aromatic rings. The second-order valence-electron chi connectivity index (χ2n) is 11.7. The molecule has 4 aromatic heterocycles. The van der Waals surface area contributed by atoms with Gasteiger partial charge in [-0.05, 0) is 78.4 Å². The van der Waals surface area contributed by atoms with E-state index in [0.29, 0.717) is 29.4 Å². The van der Waals surface area contributed by atoms with E-state index in [1.807, 2.05) is 43.5 Å². The molecule has 1 aliphatic rings. The number of fused-ring (bicyclic) bond motifs is 2. The predicted octanol–water partition coefficient (Wildman–Crippen LogP) is 5.12. The number of rotatable bonds is 8. The molecule has 0 aliphatic carbocycles. The Morgan fingerprint density at radius 3 is 2.59 bits per heavy atom. The number of hydrogen-bond acceptors (Lipinski definition) is 10. The van der Waals surface area contributed by atoms with Gasteiger partial charge in [0.15, 0.2) is 16.9 Å². The Kier molecular flexibility index (Phi) is 7.95. The van der Waals surface area contributed by atoms with Crippen molar-refractivity contribution in [2.45, 2.75) is 39.5 Å². The van der Waals surface area contributed by atoms with Crippen molar-refractivity contribution < 1.29 is 19.8 Å². The number of aliphatic hydroxyl groups excluding tert-OH is 2.